The van der Waals surface area contributed by atoms with Crippen LogP contribution >= 0.6 is 0 Å². The van der Waals surface area contributed by atoms with Crippen LogP contribution in [0.3, 0.4) is 0 Å². The highest BCUT2D eigenvalue weighted by atomic mass is 16.2. The second-order valence-corrected chi connectivity index (χ2v) is 5.67. The maximum Gasteiger partial charge on any atom is 0.275 e. The molecule has 0 saturated heterocycles. The molecule has 2 amide bonds. The molecular formula is C19H18N6O2. The number of benzene rings is 1. The van der Waals surface area contributed by atoms with Crippen LogP contribution in [0.2, 0.25) is 0 Å². The molecule has 0 saturated carbocycles. The average molecular weight is 362 g/mol. The normalized spacial score (nSPS) is 10.1. The van der Waals surface area contributed by atoms with E-state index in [1.165, 1.54) is 19.3 Å². The third-order valence-electron chi connectivity index (χ3n) is 3.52. The van der Waals surface area contributed by atoms with E-state index in [0.29, 0.717) is 23.7 Å². The second-order valence-electron chi connectivity index (χ2n) is 5.67. The van der Waals surface area contributed by atoms with Crippen molar-refractivity contribution >= 4 is 29.0 Å². The Kier molecular flexibility index (Phi) is 5.68. The van der Waals surface area contributed by atoms with E-state index in [2.05, 4.69) is 30.9 Å². The highest BCUT2D eigenvalue weighted by molar-refractivity contribution is 6.02. The van der Waals surface area contributed by atoms with Crippen molar-refractivity contribution in [3.05, 3.63) is 72.4 Å². The number of anilines is 3. The van der Waals surface area contributed by atoms with Crippen LogP contribution in [-0.4, -0.2) is 26.8 Å². The Morgan fingerprint density at radius 3 is 2.22 bits per heavy atom. The summed E-state index contributed by atoms with van der Waals surface area (Å²) in [4.78, 5) is 35.8. The maximum atomic E-state index is 12.3. The molecule has 27 heavy (non-hydrogen) atoms. The molecule has 0 aliphatic carbocycles. The van der Waals surface area contributed by atoms with Gasteiger partial charge in [0.15, 0.2) is 0 Å². The molecule has 8 nitrogen and oxygen atoms in total. The first-order valence-electron chi connectivity index (χ1n) is 8.25. The van der Waals surface area contributed by atoms with Gasteiger partial charge < -0.3 is 16.0 Å². The summed E-state index contributed by atoms with van der Waals surface area (Å²) in [6.07, 6.45) is 4.62. The van der Waals surface area contributed by atoms with Gasteiger partial charge in [0.05, 0.1) is 24.6 Å². The summed E-state index contributed by atoms with van der Waals surface area (Å²) < 4.78 is 0. The minimum absolute atomic E-state index is 0.154. The Morgan fingerprint density at radius 1 is 0.889 bits per heavy atom. The second kappa shape index (κ2) is 8.52. The van der Waals surface area contributed by atoms with Crippen molar-refractivity contribution in [2.24, 2.45) is 0 Å². The lowest BCUT2D eigenvalue weighted by Crippen LogP contribution is -2.14. The van der Waals surface area contributed by atoms with Crippen LogP contribution in [0.15, 0.2) is 61.1 Å². The van der Waals surface area contributed by atoms with Crippen LogP contribution in [0, 0.1) is 0 Å². The molecule has 0 spiro atoms. The number of nitrogens with zero attached hydrogens (tertiary/aromatic N) is 3. The summed E-state index contributed by atoms with van der Waals surface area (Å²) in [6, 6.07) is 12.5. The van der Waals surface area contributed by atoms with Gasteiger partial charge in [0, 0.05) is 24.5 Å². The summed E-state index contributed by atoms with van der Waals surface area (Å²) in [5, 5.41) is 8.49. The fourth-order valence-electron chi connectivity index (χ4n) is 2.26. The van der Waals surface area contributed by atoms with Crippen LogP contribution in [0.4, 0.5) is 17.2 Å². The van der Waals surface area contributed by atoms with E-state index in [4.69, 9.17) is 0 Å². The average Bonchev–Trinajstić information content (AvgIpc) is 2.69. The Morgan fingerprint density at radius 2 is 1.63 bits per heavy atom. The third-order valence-corrected chi connectivity index (χ3v) is 3.52. The van der Waals surface area contributed by atoms with Gasteiger partial charge in [-0.05, 0) is 36.4 Å². The Labute approximate surface area is 156 Å². The molecule has 3 aromatic rings. The topological polar surface area (TPSA) is 109 Å². The monoisotopic (exact) mass is 362 g/mol. The molecule has 3 rings (SSSR count). The number of nitrogens with one attached hydrogen (secondary N) is 3. The van der Waals surface area contributed by atoms with Gasteiger partial charge in [-0.2, -0.15) is 0 Å². The van der Waals surface area contributed by atoms with Crippen molar-refractivity contribution in [1.82, 2.24) is 15.0 Å². The van der Waals surface area contributed by atoms with Gasteiger partial charge in [0.2, 0.25) is 5.91 Å². The predicted molar refractivity (Wildman–Crippen MR) is 102 cm³/mol. The van der Waals surface area contributed by atoms with Gasteiger partial charge in [0.25, 0.3) is 5.91 Å². The van der Waals surface area contributed by atoms with Gasteiger partial charge in [-0.1, -0.05) is 6.07 Å². The third kappa shape index (κ3) is 5.33. The molecule has 0 radical (unpaired) electrons. The number of carbonyl (C=O) groups is 2. The Hall–Kier alpha value is -3.81. The van der Waals surface area contributed by atoms with E-state index < -0.39 is 0 Å². The Balaban J connectivity index is 1.56. The zero-order chi connectivity index (χ0) is 19.1. The lowest BCUT2D eigenvalue weighted by Gasteiger charge is -2.08. The van der Waals surface area contributed by atoms with Gasteiger partial charge in [0.1, 0.15) is 11.5 Å². The summed E-state index contributed by atoms with van der Waals surface area (Å²) in [5.41, 5.74) is 2.32. The number of pyridine rings is 1. The molecule has 0 unspecified atom stereocenters. The van der Waals surface area contributed by atoms with E-state index in [1.54, 1.807) is 30.5 Å². The van der Waals surface area contributed by atoms with Crippen LogP contribution in [-0.2, 0) is 11.3 Å². The molecule has 0 aliphatic heterocycles. The maximum absolute atomic E-state index is 12.3. The molecule has 0 fully saturated rings. The number of hydrogen-bond donors (Lipinski definition) is 3. The van der Waals surface area contributed by atoms with Crippen molar-refractivity contribution in [3.8, 4) is 0 Å². The van der Waals surface area contributed by atoms with E-state index >= 15 is 0 Å². The number of aromatic nitrogens is 3. The minimum atomic E-state index is -0.369. The summed E-state index contributed by atoms with van der Waals surface area (Å²) >= 11 is 0. The van der Waals surface area contributed by atoms with Gasteiger partial charge in [-0.25, -0.2) is 9.97 Å². The van der Waals surface area contributed by atoms with Crippen LogP contribution in [0.5, 0.6) is 0 Å². The molecule has 0 bridgehead atoms. The fraction of sp³-hybridized carbons (Fsp3) is 0.105. The number of carbonyl (C=O) groups excluding carboxylic acids is 2. The van der Waals surface area contributed by atoms with Crippen molar-refractivity contribution in [1.29, 1.82) is 0 Å². The molecule has 2 heterocycles. The number of hydrogen-bond acceptors (Lipinski definition) is 6. The van der Waals surface area contributed by atoms with Gasteiger partial charge in [-0.15, -0.1) is 0 Å². The molecule has 0 atom stereocenters. The molecule has 0 aliphatic rings. The minimum Gasteiger partial charge on any atom is -0.363 e. The van der Waals surface area contributed by atoms with Crippen LogP contribution in [0.25, 0.3) is 0 Å². The van der Waals surface area contributed by atoms with E-state index in [1.807, 2.05) is 18.2 Å². The highest BCUT2D eigenvalue weighted by Crippen LogP contribution is 2.14. The standard InChI is InChI=1S/C19H18N6O2/c1-13(26)24-14-5-7-15(8-6-14)25-19(27)17-11-23-18(12-21-17)22-10-16-4-2-3-9-20-16/h2-9,11-12H,10H2,1H3,(H,22,23)(H,24,26)(H,25,27). The molecule has 8 heteroatoms. The lowest BCUT2D eigenvalue weighted by atomic mass is 10.2. The van der Waals surface area contributed by atoms with Crippen molar-refractivity contribution in [2.75, 3.05) is 16.0 Å². The van der Waals surface area contributed by atoms with Crippen LogP contribution < -0.4 is 16.0 Å². The SMILES string of the molecule is CC(=O)Nc1ccc(NC(=O)c2cnc(NCc3ccccn3)cn2)cc1. The van der Waals surface area contributed by atoms with Crippen LogP contribution in [0.1, 0.15) is 23.1 Å². The molecule has 136 valence electrons. The largest absolute Gasteiger partial charge is 0.363 e. The first-order chi connectivity index (χ1) is 13.1. The van der Waals surface area contributed by atoms with Gasteiger partial charge in [-0.3, -0.25) is 14.6 Å². The van der Waals surface area contributed by atoms with Crippen molar-refractivity contribution in [2.45, 2.75) is 13.5 Å². The summed E-state index contributed by atoms with van der Waals surface area (Å²) in [6.45, 7) is 1.95. The van der Waals surface area contributed by atoms with Crippen molar-refractivity contribution < 1.29 is 9.59 Å². The van der Waals surface area contributed by atoms with E-state index in [0.717, 1.165) is 5.69 Å². The summed E-state index contributed by atoms with van der Waals surface area (Å²) in [5.74, 6) is 0.0294. The fourth-order valence-corrected chi connectivity index (χ4v) is 2.26. The number of amides is 2. The lowest BCUT2D eigenvalue weighted by molar-refractivity contribution is -0.114. The zero-order valence-corrected chi connectivity index (χ0v) is 14.6. The zero-order valence-electron chi connectivity index (χ0n) is 14.6. The first kappa shape index (κ1) is 18.0. The molecule has 1 aromatic carbocycles. The van der Waals surface area contributed by atoms with Crippen molar-refractivity contribution in [3.63, 3.8) is 0 Å². The first-order valence-corrected chi connectivity index (χ1v) is 8.25. The summed E-state index contributed by atoms with van der Waals surface area (Å²) in [7, 11) is 0. The van der Waals surface area contributed by atoms with Gasteiger partial charge >= 0.3 is 0 Å². The van der Waals surface area contributed by atoms with E-state index in [-0.39, 0.29) is 17.5 Å². The quantitative estimate of drug-likeness (QED) is 0.622. The molecular weight excluding hydrogens is 344 g/mol. The highest BCUT2D eigenvalue weighted by Gasteiger charge is 2.09. The smallest absolute Gasteiger partial charge is 0.275 e. The number of rotatable bonds is 6. The Bertz CT molecular complexity index is 911. The van der Waals surface area contributed by atoms with E-state index in [9.17, 15) is 9.59 Å². The predicted octanol–water partition coefficient (Wildman–Crippen LogP) is 2.69. The molecule has 3 N–H and O–H groups in total. The molecule has 2 aromatic heterocycles.